The molecule has 2 rings (SSSR count). The van der Waals surface area contributed by atoms with Gasteiger partial charge in [-0.1, -0.05) is 25.2 Å². The summed E-state index contributed by atoms with van der Waals surface area (Å²) in [7, 11) is 3.08. The van der Waals surface area contributed by atoms with Crippen LogP contribution >= 0.6 is 11.3 Å². The Morgan fingerprint density at radius 2 is 1.82 bits per heavy atom. The van der Waals surface area contributed by atoms with Gasteiger partial charge in [-0.05, 0) is 18.1 Å². The van der Waals surface area contributed by atoms with E-state index in [1.165, 1.54) is 11.3 Å². The maximum Gasteiger partial charge on any atom is 0.257 e. The Morgan fingerprint density at radius 3 is 2.36 bits per heavy atom. The van der Waals surface area contributed by atoms with E-state index in [1.807, 2.05) is 0 Å². The lowest BCUT2D eigenvalue weighted by atomic mass is 10.1. The van der Waals surface area contributed by atoms with Crippen molar-refractivity contribution in [2.75, 3.05) is 19.5 Å². The first-order valence-electron chi connectivity index (χ1n) is 6.88. The number of methoxy groups -OCH3 is 2. The number of carbonyl (C=O) groups excluding carboxylic acids is 1. The van der Waals surface area contributed by atoms with Gasteiger partial charge in [-0.15, -0.1) is 10.2 Å². The van der Waals surface area contributed by atoms with Crippen LogP contribution in [0, 0.1) is 5.92 Å². The smallest absolute Gasteiger partial charge is 0.257 e. The predicted octanol–water partition coefficient (Wildman–Crippen LogP) is 3.01. The summed E-state index contributed by atoms with van der Waals surface area (Å²) in [6.45, 7) is 4.23. The summed E-state index contributed by atoms with van der Waals surface area (Å²) in [6, 6.07) is 5.00. The molecular weight excluding hydrogens is 302 g/mol. The molecule has 1 amide bonds. The van der Waals surface area contributed by atoms with Gasteiger partial charge in [-0.2, -0.15) is 0 Å². The molecule has 0 bridgehead atoms. The van der Waals surface area contributed by atoms with E-state index >= 15 is 0 Å². The highest BCUT2D eigenvalue weighted by Gasteiger charge is 2.13. The molecule has 1 heterocycles. The number of ether oxygens (including phenoxy) is 2. The number of anilines is 1. The highest BCUT2D eigenvalue weighted by molar-refractivity contribution is 7.15. The first-order chi connectivity index (χ1) is 10.5. The van der Waals surface area contributed by atoms with Crippen LogP contribution < -0.4 is 14.8 Å². The van der Waals surface area contributed by atoms with Gasteiger partial charge in [0.1, 0.15) is 16.5 Å². The van der Waals surface area contributed by atoms with E-state index < -0.39 is 0 Å². The van der Waals surface area contributed by atoms with Gasteiger partial charge >= 0.3 is 0 Å². The SMILES string of the molecule is COc1cc(OC)cc(C(=O)Nc2nnc(CC(C)C)s2)c1. The van der Waals surface area contributed by atoms with Crippen molar-refractivity contribution in [3.63, 3.8) is 0 Å². The molecule has 0 fully saturated rings. The van der Waals surface area contributed by atoms with Crippen molar-refractivity contribution in [1.29, 1.82) is 0 Å². The third-order valence-electron chi connectivity index (χ3n) is 2.88. The topological polar surface area (TPSA) is 73.3 Å². The lowest BCUT2D eigenvalue weighted by Gasteiger charge is -2.07. The number of hydrogen-bond acceptors (Lipinski definition) is 6. The number of carbonyl (C=O) groups is 1. The number of nitrogens with one attached hydrogen (secondary N) is 1. The van der Waals surface area contributed by atoms with Gasteiger partial charge in [-0.25, -0.2) is 0 Å². The molecule has 2 aromatic rings. The maximum absolute atomic E-state index is 12.3. The fourth-order valence-corrected chi connectivity index (χ4v) is 2.79. The molecule has 1 aromatic carbocycles. The second kappa shape index (κ2) is 7.22. The van der Waals surface area contributed by atoms with Crippen molar-refractivity contribution in [2.24, 2.45) is 5.92 Å². The maximum atomic E-state index is 12.3. The first kappa shape index (κ1) is 16.2. The number of aromatic nitrogens is 2. The number of amides is 1. The third-order valence-corrected chi connectivity index (χ3v) is 3.74. The highest BCUT2D eigenvalue weighted by atomic mass is 32.1. The molecule has 0 aliphatic heterocycles. The van der Waals surface area contributed by atoms with Crippen LogP contribution in [0.1, 0.15) is 29.2 Å². The summed E-state index contributed by atoms with van der Waals surface area (Å²) in [4.78, 5) is 12.3. The number of nitrogens with zero attached hydrogens (tertiary/aromatic N) is 2. The molecule has 0 saturated heterocycles. The largest absolute Gasteiger partial charge is 0.497 e. The average Bonchev–Trinajstić information content (AvgIpc) is 2.92. The average molecular weight is 321 g/mol. The molecule has 6 nitrogen and oxygen atoms in total. The molecule has 0 unspecified atom stereocenters. The fraction of sp³-hybridized carbons (Fsp3) is 0.400. The van der Waals surface area contributed by atoms with E-state index in [0.29, 0.717) is 28.1 Å². The molecule has 0 saturated carbocycles. The van der Waals surface area contributed by atoms with Crippen LogP contribution in [0.2, 0.25) is 0 Å². The van der Waals surface area contributed by atoms with Crippen LogP contribution in [-0.2, 0) is 6.42 Å². The second-order valence-corrected chi connectivity index (χ2v) is 6.22. The summed E-state index contributed by atoms with van der Waals surface area (Å²) in [5.41, 5.74) is 0.441. The van der Waals surface area contributed by atoms with Crippen LogP contribution in [0.25, 0.3) is 0 Å². The molecule has 0 spiro atoms. The van der Waals surface area contributed by atoms with Crippen LogP contribution in [-0.4, -0.2) is 30.3 Å². The second-order valence-electron chi connectivity index (χ2n) is 5.15. The molecule has 22 heavy (non-hydrogen) atoms. The van der Waals surface area contributed by atoms with Gasteiger partial charge in [0.25, 0.3) is 5.91 Å². The molecule has 0 aliphatic rings. The van der Waals surface area contributed by atoms with Crippen LogP contribution in [0.4, 0.5) is 5.13 Å². The van der Waals surface area contributed by atoms with Crippen molar-refractivity contribution in [1.82, 2.24) is 10.2 Å². The Bertz CT molecular complexity index is 633. The Kier molecular flexibility index (Phi) is 5.32. The summed E-state index contributed by atoms with van der Waals surface area (Å²) >= 11 is 1.39. The lowest BCUT2D eigenvalue weighted by molar-refractivity contribution is 0.102. The van der Waals surface area contributed by atoms with E-state index in [9.17, 15) is 4.79 Å². The number of rotatable bonds is 6. The molecular formula is C15H19N3O3S. The van der Waals surface area contributed by atoms with E-state index in [-0.39, 0.29) is 5.91 Å². The predicted molar refractivity (Wildman–Crippen MR) is 86.0 cm³/mol. The van der Waals surface area contributed by atoms with Crippen LogP contribution in [0.15, 0.2) is 18.2 Å². The molecule has 118 valence electrons. The van der Waals surface area contributed by atoms with Gasteiger partial charge in [0.15, 0.2) is 0 Å². The van der Waals surface area contributed by atoms with Crippen LogP contribution in [0.5, 0.6) is 11.5 Å². The minimum absolute atomic E-state index is 0.274. The first-order valence-corrected chi connectivity index (χ1v) is 7.70. The van der Waals surface area contributed by atoms with Gasteiger partial charge in [-0.3, -0.25) is 10.1 Å². The van der Waals surface area contributed by atoms with E-state index in [0.717, 1.165) is 11.4 Å². The minimum Gasteiger partial charge on any atom is -0.497 e. The van der Waals surface area contributed by atoms with E-state index in [4.69, 9.17) is 9.47 Å². The van der Waals surface area contributed by atoms with Gasteiger partial charge in [0, 0.05) is 18.1 Å². The van der Waals surface area contributed by atoms with Gasteiger partial charge < -0.3 is 9.47 Å². The Labute approximate surface area is 133 Å². The van der Waals surface area contributed by atoms with Crippen molar-refractivity contribution < 1.29 is 14.3 Å². The Morgan fingerprint density at radius 1 is 1.18 bits per heavy atom. The summed E-state index contributed by atoms with van der Waals surface area (Å²) < 4.78 is 10.3. The zero-order chi connectivity index (χ0) is 16.1. The van der Waals surface area contributed by atoms with Crippen molar-refractivity contribution in [2.45, 2.75) is 20.3 Å². The highest BCUT2D eigenvalue weighted by Crippen LogP contribution is 2.24. The van der Waals surface area contributed by atoms with E-state index in [1.54, 1.807) is 32.4 Å². The van der Waals surface area contributed by atoms with E-state index in [2.05, 4.69) is 29.4 Å². The number of hydrogen-bond donors (Lipinski definition) is 1. The quantitative estimate of drug-likeness (QED) is 0.885. The normalized spacial score (nSPS) is 10.6. The Balaban J connectivity index is 2.13. The van der Waals surface area contributed by atoms with Crippen molar-refractivity contribution >= 4 is 22.4 Å². The van der Waals surface area contributed by atoms with Gasteiger partial charge in [0.2, 0.25) is 5.13 Å². The molecule has 1 aromatic heterocycles. The number of benzene rings is 1. The third kappa shape index (κ3) is 4.17. The standard InChI is InChI=1S/C15H19N3O3S/c1-9(2)5-13-17-18-15(22-13)16-14(19)10-6-11(20-3)8-12(7-10)21-4/h6-9H,5H2,1-4H3,(H,16,18,19). The van der Waals surface area contributed by atoms with Crippen molar-refractivity contribution in [3.05, 3.63) is 28.8 Å². The summed E-state index contributed by atoms with van der Waals surface area (Å²) in [6.07, 6.45) is 0.848. The molecule has 0 aliphatic carbocycles. The summed E-state index contributed by atoms with van der Waals surface area (Å²) in [5, 5.41) is 12.2. The van der Waals surface area contributed by atoms with Crippen LogP contribution in [0.3, 0.4) is 0 Å². The van der Waals surface area contributed by atoms with Gasteiger partial charge in [0.05, 0.1) is 14.2 Å². The molecule has 7 heteroatoms. The zero-order valence-corrected chi connectivity index (χ0v) is 13.9. The minimum atomic E-state index is -0.274. The molecule has 0 radical (unpaired) electrons. The Hall–Kier alpha value is -2.15. The molecule has 0 atom stereocenters. The molecule has 1 N–H and O–H groups in total. The zero-order valence-electron chi connectivity index (χ0n) is 13.0. The fourth-order valence-electron chi connectivity index (χ4n) is 1.84. The summed E-state index contributed by atoms with van der Waals surface area (Å²) in [5.74, 6) is 1.34. The van der Waals surface area contributed by atoms with Crippen molar-refractivity contribution in [3.8, 4) is 11.5 Å². The monoisotopic (exact) mass is 321 g/mol. The lowest BCUT2D eigenvalue weighted by Crippen LogP contribution is -2.12.